The SMILES string of the molecule is C=C(CC(Cl)(Cl)Cl)c1cc(Cl)cc(Cl)c1. The smallest absolute Gasteiger partial charge is 0.0951 e. The van der Waals surface area contributed by atoms with Crippen LogP contribution in [-0.2, 0) is 0 Å². The summed E-state index contributed by atoms with van der Waals surface area (Å²) in [5, 5.41) is 1.06. The molecule has 0 fully saturated rings. The first-order chi connectivity index (χ1) is 6.78. The fraction of sp³-hybridized carbons (Fsp3) is 0.200. The number of benzene rings is 1. The number of halogens is 5. The first-order valence-electron chi connectivity index (χ1n) is 3.99. The Morgan fingerprint density at radius 3 is 1.93 bits per heavy atom. The van der Waals surface area contributed by atoms with Gasteiger partial charge in [-0.15, -0.1) is 0 Å². The third-order valence-corrected chi connectivity index (χ3v) is 2.52. The second-order valence-electron chi connectivity index (χ2n) is 3.05. The van der Waals surface area contributed by atoms with Gasteiger partial charge in [0.25, 0.3) is 0 Å². The molecule has 0 N–H and O–H groups in total. The molecule has 5 heteroatoms. The third-order valence-electron chi connectivity index (χ3n) is 1.68. The summed E-state index contributed by atoms with van der Waals surface area (Å²) in [7, 11) is 0. The second kappa shape index (κ2) is 5.16. The van der Waals surface area contributed by atoms with E-state index < -0.39 is 3.79 Å². The Bertz CT molecular complexity index is 358. The highest BCUT2D eigenvalue weighted by atomic mass is 35.6. The molecule has 15 heavy (non-hydrogen) atoms. The van der Waals surface area contributed by atoms with Gasteiger partial charge in [-0.2, -0.15) is 0 Å². The minimum atomic E-state index is -1.36. The summed E-state index contributed by atoms with van der Waals surface area (Å²) in [6.45, 7) is 3.82. The van der Waals surface area contributed by atoms with Gasteiger partial charge >= 0.3 is 0 Å². The van der Waals surface area contributed by atoms with Gasteiger partial charge in [0.15, 0.2) is 3.79 Å². The van der Waals surface area contributed by atoms with E-state index in [1.165, 1.54) is 0 Å². The highest BCUT2D eigenvalue weighted by Crippen LogP contribution is 2.37. The molecular formula is C10H7Cl5. The van der Waals surface area contributed by atoms with Gasteiger partial charge in [-0.25, -0.2) is 0 Å². The van der Waals surface area contributed by atoms with Crippen LogP contribution in [0.2, 0.25) is 10.0 Å². The van der Waals surface area contributed by atoms with Crippen LogP contribution in [0.3, 0.4) is 0 Å². The summed E-state index contributed by atoms with van der Waals surface area (Å²) in [5.74, 6) is 0. The second-order valence-corrected chi connectivity index (χ2v) is 6.44. The summed E-state index contributed by atoms with van der Waals surface area (Å²) >= 11 is 28.7. The first kappa shape index (κ1) is 13.5. The zero-order chi connectivity index (χ0) is 11.6. The van der Waals surface area contributed by atoms with Gasteiger partial charge in [0.1, 0.15) is 0 Å². The fourth-order valence-corrected chi connectivity index (χ4v) is 2.11. The van der Waals surface area contributed by atoms with Crippen molar-refractivity contribution >= 4 is 63.6 Å². The lowest BCUT2D eigenvalue weighted by molar-refractivity contribution is 1.10. The lowest BCUT2D eigenvalue weighted by Crippen LogP contribution is -2.02. The molecule has 0 saturated carbocycles. The Balaban J connectivity index is 2.92. The Kier molecular flexibility index (Phi) is 4.64. The minimum absolute atomic E-state index is 0.230. The zero-order valence-electron chi connectivity index (χ0n) is 7.54. The fourth-order valence-electron chi connectivity index (χ4n) is 1.10. The number of allylic oxidation sites excluding steroid dienone is 1. The van der Waals surface area contributed by atoms with Crippen molar-refractivity contribution in [1.82, 2.24) is 0 Å². The average Bonchev–Trinajstić information content (AvgIpc) is 1.98. The van der Waals surface area contributed by atoms with Gasteiger partial charge in [-0.1, -0.05) is 64.6 Å². The number of hydrogen-bond donors (Lipinski definition) is 0. The predicted molar refractivity (Wildman–Crippen MR) is 70.4 cm³/mol. The molecule has 82 valence electrons. The maximum atomic E-state index is 5.84. The number of rotatable bonds is 2. The minimum Gasteiger partial charge on any atom is -0.0951 e. The van der Waals surface area contributed by atoms with E-state index in [2.05, 4.69) is 6.58 Å². The maximum Gasteiger partial charge on any atom is 0.194 e. The van der Waals surface area contributed by atoms with Gasteiger partial charge < -0.3 is 0 Å². The van der Waals surface area contributed by atoms with Crippen LogP contribution in [0.15, 0.2) is 24.8 Å². The van der Waals surface area contributed by atoms with E-state index in [9.17, 15) is 0 Å². The average molecular weight is 304 g/mol. The van der Waals surface area contributed by atoms with E-state index in [4.69, 9.17) is 58.0 Å². The van der Waals surface area contributed by atoms with Gasteiger partial charge in [-0.05, 0) is 29.3 Å². The maximum absolute atomic E-state index is 5.84. The molecule has 0 aliphatic carbocycles. The van der Waals surface area contributed by atoms with Gasteiger partial charge in [0.05, 0.1) is 0 Å². The van der Waals surface area contributed by atoms with Crippen LogP contribution in [0.1, 0.15) is 12.0 Å². The molecule has 0 aliphatic rings. The van der Waals surface area contributed by atoms with Crippen molar-refractivity contribution in [3.63, 3.8) is 0 Å². The molecule has 0 aromatic heterocycles. The topological polar surface area (TPSA) is 0 Å². The van der Waals surface area contributed by atoms with E-state index in [1.807, 2.05) is 0 Å². The van der Waals surface area contributed by atoms with Crippen LogP contribution in [0, 0.1) is 0 Å². The highest BCUT2D eigenvalue weighted by molar-refractivity contribution is 6.67. The molecule has 0 radical (unpaired) electrons. The molecular weight excluding hydrogens is 297 g/mol. The molecule has 1 aromatic carbocycles. The van der Waals surface area contributed by atoms with E-state index in [0.29, 0.717) is 15.6 Å². The largest absolute Gasteiger partial charge is 0.194 e. The summed E-state index contributed by atoms with van der Waals surface area (Å²) in [6.07, 6.45) is 0.230. The van der Waals surface area contributed by atoms with Gasteiger partial charge in [0, 0.05) is 16.5 Å². The van der Waals surface area contributed by atoms with E-state index in [-0.39, 0.29) is 6.42 Å². The first-order valence-corrected chi connectivity index (χ1v) is 5.88. The van der Waals surface area contributed by atoms with Crippen molar-refractivity contribution in [3.8, 4) is 0 Å². The Hall–Kier alpha value is 0.410. The van der Waals surface area contributed by atoms with Crippen molar-refractivity contribution in [2.24, 2.45) is 0 Å². The summed E-state index contributed by atoms with van der Waals surface area (Å²) < 4.78 is -1.36. The molecule has 0 amide bonds. The van der Waals surface area contributed by atoms with E-state index in [0.717, 1.165) is 5.56 Å². The van der Waals surface area contributed by atoms with Gasteiger partial charge in [0.2, 0.25) is 0 Å². The number of hydrogen-bond acceptors (Lipinski definition) is 0. The number of alkyl halides is 3. The standard InChI is InChI=1S/C10H7Cl5/c1-6(5-10(13,14)15)7-2-8(11)4-9(12)3-7/h2-4H,1,5H2. The predicted octanol–water partition coefficient (Wildman–Crippen LogP) is 5.77. The van der Waals surface area contributed by atoms with Crippen molar-refractivity contribution in [2.75, 3.05) is 0 Å². The normalized spacial score (nSPS) is 11.5. The van der Waals surface area contributed by atoms with Crippen LogP contribution < -0.4 is 0 Å². The molecule has 0 saturated heterocycles. The highest BCUT2D eigenvalue weighted by Gasteiger charge is 2.21. The van der Waals surface area contributed by atoms with Crippen LogP contribution >= 0.6 is 58.0 Å². The van der Waals surface area contributed by atoms with E-state index >= 15 is 0 Å². The third kappa shape index (κ3) is 4.84. The molecule has 0 nitrogen and oxygen atoms in total. The van der Waals surface area contributed by atoms with Gasteiger partial charge in [-0.3, -0.25) is 0 Å². The monoisotopic (exact) mass is 302 g/mol. The Morgan fingerprint density at radius 1 is 1.07 bits per heavy atom. The quantitative estimate of drug-likeness (QED) is 0.609. The van der Waals surface area contributed by atoms with Crippen LogP contribution in [0.5, 0.6) is 0 Å². The van der Waals surface area contributed by atoms with Crippen molar-refractivity contribution in [2.45, 2.75) is 10.2 Å². The van der Waals surface area contributed by atoms with Crippen molar-refractivity contribution in [1.29, 1.82) is 0 Å². The molecule has 0 atom stereocenters. The van der Waals surface area contributed by atoms with Crippen molar-refractivity contribution in [3.05, 3.63) is 40.4 Å². The van der Waals surface area contributed by atoms with Crippen molar-refractivity contribution < 1.29 is 0 Å². The molecule has 0 unspecified atom stereocenters. The summed E-state index contributed by atoms with van der Waals surface area (Å²) in [4.78, 5) is 0. The molecule has 1 rings (SSSR count). The molecule has 0 bridgehead atoms. The van der Waals surface area contributed by atoms with Crippen LogP contribution in [0.25, 0.3) is 5.57 Å². The summed E-state index contributed by atoms with van der Waals surface area (Å²) in [5.41, 5.74) is 1.46. The van der Waals surface area contributed by atoms with Crippen LogP contribution in [-0.4, -0.2) is 3.79 Å². The molecule has 0 aliphatic heterocycles. The van der Waals surface area contributed by atoms with E-state index in [1.54, 1.807) is 18.2 Å². The molecule has 0 spiro atoms. The molecule has 0 heterocycles. The lowest BCUT2D eigenvalue weighted by Gasteiger charge is -2.13. The molecule has 1 aromatic rings. The lowest BCUT2D eigenvalue weighted by atomic mass is 10.1. The zero-order valence-corrected chi connectivity index (χ0v) is 11.3. The summed E-state index contributed by atoms with van der Waals surface area (Å²) in [6, 6.07) is 5.09. The van der Waals surface area contributed by atoms with Crippen LogP contribution in [0.4, 0.5) is 0 Å². The Labute approximate surface area is 114 Å². The Morgan fingerprint density at radius 2 is 1.53 bits per heavy atom.